The molecule has 0 amide bonds. The van der Waals surface area contributed by atoms with Gasteiger partial charge in [-0.3, -0.25) is 0 Å². The van der Waals surface area contributed by atoms with E-state index < -0.39 is 11.9 Å². The van der Waals surface area contributed by atoms with Crippen molar-refractivity contribution in [1.82, 2.24) is 4.40 Å². The van der Waals surface area contributed by atoms with E-state index >= 15 is 0 Å². The number of aromatic carboxylic acids is 1. The van der Waals surface area contributed by atoms with Crippen LogP contribution in [0.25, 0.3) is 4.83 Å². The monoisotopic (exact) mass is 253 g/mol. The van der Waals surface area contributed by atoms with Crippen molar-refractivity contribution in [3.05, 3.63) is 28.9 Å². The first-order chi connectivity index (χ1) is 8.00. The van der Waals surface area contributed by atoms with E-state index in [9.17, 15) is 9.59 Å². The van der Waals surface area contributed by atoms with Crippen LogP contribution in [0.3, 0.4) is 0 Å². The van der Waals surface area contributed by atoms with Gasteiger partial charge in [-0.15, -0.1) is 11.3 Å². The molecule has 0 saturated heterocycles. The first kappa shape index (κ1) is 11.7. The maximum atomic E-state index is 11.7. The van der Waals surface area contributed by atoms with E-state index in [-0.39, 0.29) is 11.8 Å². The zero-order chi connectivity index (χ0) is 12.6. The van der Waals surface area contributed by atoms with Gasteiger partial charge in [-0.25, -0.2) is 9.59 Å². The van der Waals surface area contributed by atoms with Gasteiger partial charge in [0.2, 0.25) is 0 Å². The average molecular weight is 253 g/mol. The molecule has 0 bridgehead atoms. The van der Waals surface area contributed by atoms with E-state index in [2.05, 4.69) is 0 Å². The van der Waals surface area contributed by atoms with E-state index in [1.54, 1.807) is 26.1 Å². The summed E-state index contributed by atoms with van der Waals surface area (Å²) in [5.41, 5.74) is 0.546. The van der Waals surface area contributed by atoms with Crippen LogP contribution in [0.1, 0.15) is 34.7 Å². The summed E-state index contributed by atoms with van der Waals surface area (Å²) in [6.45, 7) is 3.53. The van der Waals surface area contributed by atoms with Crippen LogP contribution < -0.4 is 0 Å². The summed E-state index contributed by atoms with van der Waals surface area (Å²) in [6, 6.07) is 1.57. The normalized spacial score (nSPS) is 11.0. The molecule has 0 spiro atoms. The smallest absolute Gasteiger partial charge is 0.353 e. The van der Waals surface area contributed by atoms with Crippen LogP contribution in [-0.4, -0.2) is 27.5 Å². The Morgan fingerprint density at radius 3 is 2.76 bits per heavy atom. The zero-order valence-electron chi connectivity index (χ0n) is 9.34. The van der Waals surface area contributed by atoms with Gasteiger partial charge >= 0.3 is 11.9 Å². The number of esters is 1. The molecule has 0 aliphatic heterocycles. The van der Waals surface area contributed by atoms with Crippen LogP contribution >= 0.6 is 11.3 Å². The first-order valence-corrected chi connectivity index (χ1v) is 5.91. The number of hydrogen-bond acceptors (Lipinski definition) is 4. The highest BCUT2D eigenvalue weighted by Gasteiger charge is 2.19. The lowest BCUT2D eigenvalue weighted by Crippen LogP contribution is -2.11. The Morgan fingerprint density at radius 2 is 2.18 bits per heavy atom. The van der Waals surface area contributed by atoms with E-state index in [1.165, 1.54) is 21.1 Å². The van der Waals surface area contributed by atoms with Crippen molar-refractivity contribution >= 4 is 28.1 Å². The molecule has 2 aromatic heterocycles. The molecule has 0 aromatic carbocycles. The van der Waals surface area contributed by atoms with Gasteiger partial charge in [-0.05, 0) is 19.9 Å². The SMILES string of the molecule is CC(C)OC(=O)c1ccn2c(C(=O)O)csc12. The van der Waals surface area contributed by atoms with Crippen molar-refractivity contribution in [3.63, 3.8) is 0 Å². The highest BCUT2D eigenvalue weighted by molar-refractivity contribution is 7.16. The molecule has 6 heteroatoms. The maximum Gasteiger partial charge on any atom is 0.353 e. The summed E-state index contributed by atoms with van der Waals surface area (Å²) in [5.74, 6) is -1.45. The topological polar surface area (TPSA) is 68.0 Å². The summed E-state index contributed by atoms with van der Waals surface area (Å²) < 4.78 is 6.56. The van der Waals surface area contributed by atoms with Crippen LogP contribution in [0.2, 0.25) is 0 Å². The number of rotatable bonds is 3. The predicted octanol–water partition coefficient (Wildman–Crippen LogP) is 2.26. The van der Waals surface area contributed by atoms with Gasteiger partial charge in [0.25, 0.3) is 0 Å². The van der Waals surface area contributed by atoms with Crippen molar-refractivity contribution in [2.45, 2.75) is 20.0 Å². The van der Waals surface area contributed by atoms with Crippen LogP contribution in [0.15, 0.2) is 17.6 Å². The average Bonchev–Trinajstić information content (AvgIpc) is 2.73. The number of carboxylic acid groups (broad SMARTS) is 1. The van der Waals surface area contributed by atoms with E-state index in [0.717, 1.165) is 0 Å². The molecule has 0 radical (unpaired) electrons. The molecule has 0 aliphatic rings. The lowest BCUT2D eigenvalue weighted by Gasteiger charge is -2.05. The summed E-state index contributed by atoms with van der Waals surface area (Å²) in [6.07, 6.45) is 1.36. The number of carboxylic acids is 1. The Balaban J connectivity index is 2.44. The summed E-state index contributed by atoms with van der Waals surface area (Å²) in [7, 11) is 0. The van der Waals surface area contributed by atoms with Crippen LogP contribution in [0.4, 0.5) is 0 Å². The highest BCUT2D eigenvalue weighted by Crippen LogP contribution is 2.23. The number of hydrogen-bond donors (Lipinski definition) is 1. The number of carbonyl (C=O) groups excluding carboxylic acids is 1. The molecular formula is C11H11NO4S. The van der Waals surface area contributed by atoms with Crippen molar-refractivity contribution in [2.75, 3.05) is 0 Å². The molecule has 0 fully saturated rings. The molecule has 2 aromatic rings. The van der Waals surface area contributed by atoms with Crippen molar-refractivity contribution in [2.24, 2.45) is 0 Å². The second-order valence-electron chi connectivity index (χ2n) is 3.78. The quantitative estimate of drug-likeness (QED) is 0.852. The van der Waals surface area contributed by atoms with Gasteiger partial charge in [0, 0.05) is 11.6 Å². The molecule has 90 valence electrons. The minimum atomic E-state index is -1.02. The molecule has 2 rings (SSSR count). The fraction of sp³-hybridized carbons (Fsp3) is 0.273. The van der Waals surface area contributed by atoms with Crippen LogP contribution in [-0.2, 0) is 4.74 Å². The van der Waals surface area contributed by atoms with E-state index in [1.807, 2.05) is 0 Å². The van der Waals surface area contributed by atoms with Crippen molar-refractivity contribution < 1.29 is 19.4 Å². The number of aromatic nitrogens is 1. The number of fused-ring (bicyclic) bond motifs is 1. The molecule has 0 unspecified atom stereocenters. The Labute approximate surface area is 101 Å². The molecular weight excluding hydrogens is 242 g/mol. The summed E-state index contributed by atoms with van der Waals surface area (Å²) >= 11 is 1.21. The lowest BCUT2D eigenvalue weighted by molar-refractivity contribution is 0.0380. The van der Waals surface area contributed by atoms with Gasteiger partial charge in [0.05, 0.1) is 11.7 Å². The first-order valence-electron chi connectivity index (χ1n) is 5.03. The standard InChI is InChI=1S/C11H11NO4S/c1-6(2)16-11(15)7-3-4-12-8(10(13)14)5-17-9(7)12/h3-6H,1-2H3,(H,13,14). The predicted molar refractivity (Wildman–Crippen MR) is 62.8 cm³/mol. The van der Waals surface area contributed by atoms with Crippen molar-refractivity contribution in [3.8, 4) is 0 Å². The lowest BCUT2D eigenvalue weighted by atomic mass is 10.3. The fourth-order valence-electron chi connectivity index (χ4n) is 1.48. The summed E-state index contributed by atoms with van der Waals surface area (Å²) in [5, 5.41) is 10.4. The molecule has 5 nitrogen and oxygen atoms in total. The third-order valence-corrected chi connectivity index (χ3v) is 3.14. The maximum absolute atomic E-state index is 11.7. The zero-order valence-corrected chi connectivity index (χ0v) is 10.2. The number of ether oxygens (including phenoxy) is 1. The second-order valence-corrected chi connectivity index (χ2v) is 4.64. The third-order valence-electron chi connectivity index (χ3n) is 2.16. The number of nitrogens with zero attached hydrogens (tertiary/aromatic N) is 1. The van der Waals surface area contributed by atoms with Crippen LogP contribution in [0.5, 0.6) is 0 Å². The van der Waals surface area contributed by atoms with Gasteiger partial charge in [0.1, 0.15) is 10.5 Å². The largest absolute Gasteiger partial charge is 0.477 e. The highest BCUT2D eigenvalue weighted by atomic mass is 32.1. The van der Waals surface area contributed by atoms with Gasteiger partial charge < -0.3 is 14.2 Å². The van der Waals surface area contributed by atoms with Gasteiger partial charge in [-0.2, -0.15) is 0 Å². The van der Waals surface area contributed by atoms with Crippen LogP contribution in [0, 0.1) is 0 Å². The Bertz CT molecular complexity index is 581. The number of carbonyl (C=O) groups is 2. The van der Waals surface area contributed by atoms with Gasteiger partial charge in [0.15, 0.2) is 0 Å². The molecule has 1 N–H and O–H groups in total. The van der Waals surface area contributed by atoms with E-state index in [0.29, 0.717) is 10.4 Å². The minimum absolute atomic E-state index is 0.147. The summed E-state index contributed by atoms with van der Waals surface area (Å²) in [4.78, 5) is 23.2. The Morgan fingerprint density at radius 1 is 1.47 bits per heavy atom. The Kier molecular flexibility index (Phi) is 2.89. The van der Waals surface area contributed by atoms with Crippen molar-refractivity contribution in [1.29, 1.82) is 0 Å². The number of thiazole rings is 1. The van der Waals surface area contributed by atoms with E-state index in [4.69, 9.17) is 9.84 Å². The molecule has 17 heavy (non-hydrogen) atoms. The van der Waals surface area contributed by atoms with Gasteiger partial charge in [-0.1, -0.05) is 0 Å². The molecule has 0 saturated carbocycles. The third kappa shape index (κ3) is 2.03. The minimum Gasteiger partial charge on any atom is -0.477 e. The fourth-order valence-corrected chi connectivity index (χ4v) is 2.47. The molecule has 2 heterocycles. The molecule has 0 aliphatic carbocycles. The molecule has 0 atom stereocenters. The second kappa shape index (κ2) is 4.21. The Hall–Kier alpha value is -1.82.